The number of carbonyl (C=O) groups is 1. The Bertz CT molecular complexity index is 628. The van der Waals surface area contributed by atoms with Crippen molar-refractivity contribution >= 4 is 22.7 Å². The Morgan fingerprint density at radius 2 is 2.24 bits per heavy atom. The summed E-state index contributed by atoms with van der Waals surface area (Å²) in [5.74, 6) is 0.220. The monoisotopic (exact) mass is 229 g/mol. The molecule has 5 heteroatoms. The molecule has 1 aromatic carbocycles. The van der Waals surface area contributed by atoms with E-state index in [0.29, 0.717) is 5.90 Å². The molecule has 17 heavy (non-hydrogen) atoms. The van der Waals surface area contributed by atoms with E-state index >= 15 is 0 Å². The van der Waals surface area contributed by atoms with Crippen LogP contribution in [-0.4, -0.2) is 23.4 Å². The van der Waals surface area contributed by atoms with Gasteiger partial charge in [0.25, 0.3) is 5.91 Å². The Labute approximate surface area is 97.5 Å². The maximum absolute atomic E-state index is 10.9. The highest BCUT2D eigenvalue weighted by molar-refractivity contribution is 6.00. The fraction of sp³-hybridized carbons (Fsp3) is 0.167. The molecule has 5 nitrogen and oxygen atoms in total. The lowest BCUT2D eigenvalue weighted by molar-refractivity contribution is -0.124. The van der Waals surface area contributed by atoms with Gasteiger partial charge in [0.15, 0.2) is 6.61 Å². The first-order valence-electron chi connectivity index (χ1n) is 5.31. The second-order valence-electron chi connectivity index (χ2n) is 3.99. The van der Waals surface area contributed by atoms with Crippen LogP contribution >= 0.6 is 0 Å². The molecular formula is C12H11N3O2. The van der Waals surface area contributed by atoms with Crippen LogP contribution in [0.3, 0.4) is 0 Å². The Hall–Kier alpha value is -2.30. The van der Waals surface area contributed by atoms with Crippen LogP contribution in [0, 0.1) is 6.92 Å². The number of nitrogens with zero attached hydrogens (tertiary/aromatic N) is 1. The SMILES string of the molecule is Cc1cc2cc(C3=NNC(=O)CO3)ccc2[nH]1. The molecule has 1 aliphatic rings. The molecule has 1 aliphatic heterocycles. The van der Waals surface area contributed by atoms with Crippen LogP contribution < -0.4 is 5.43 Å². The smallest absolute Gasteiger partial charge is 0.278 e. The Morgan fingerprint density at radius 3 is 3.00 bits per heavy atom. The van der Waals surface area contributed by atoms with Gasteiger partial charge in [0.2, 0.25) is 5.90 Å². The van der Waals surface area contributed by atoms with E-state index in [1.165, 1.54) is 0 Å². The molecule has 0 spiro atoms. The molecule has 0 unspecified atom stereocenters. The molecule has 0 saturated carbocycles. The zero-order chi connectivity index (χ0) is 11.8. The summed E-state index contributed by atoms with van der Waals surface area (Å²) in [6.07, 6.45) is 0. The third-order valence-electron chi connectivity index (χ3n) is 2.62. The van der Waals surface area contributed by atoms with Crippen molar-refractivity contribution in [1.82, 2.24) is 10.4 Å². The number of H-pyrrole nitrogens is 1. The molecule has 2 aromatic rings. The summed E-state index contributed by atoms with van der Waals surface area (Å²) >= 11 is 0. The van der Waals surface area contributed by atoms with Crippen LogP contribution in [0.2, 0.25) is 0 Å². The van der Waals surface area contributed by atoms with Crippen molar-refractivity contribution in [2.75, 3.05) is 6.61 Å². The zero-order valence-corrected chi connectivity index (χ0v) is 9.28. The minimum Gasteiger partial charge on any atom is -0.466 e. The Kier molecular flexibility index (Phi) is 2.11. The van der Waals surface area contributed by atoms with Crippen molar-refractivity contribution in [3.63, 3.8) is 0 Å². The van der Waals surface area contributed by atoms with Crippen LogP contribution in [0.4, 0.5) is 0 Å². The van der Waals surface area contributed by atoms with Gasteiger partial charge in [-0.15, -0.1) is 5.10 Å². The van der Waals surface area contributed by atoms with E-state index in [9.17, 15) is 4.79 Å². The van der Waals surface area contributed by atoms with Crippen LogP contribution in [-0.2, 0) is 9.53 Å². The number of hydrogen-bond acceptors (Lipinski definition) is 3. The molecule has 1 amide bonds. The number of nitrogens with one attached hydrogen (secondary N) is 2. The van der Waals surface area contributed by atoms with E-state index < -0.39 is 0 Å². The highest BCUT2D eigenvalue weighted by Gasteiger charge is 2.14. The maximum atomic E-state index is 10.9. The zero-order valence-electron chi connectivity index (χ0n) is 9.28. The van der Waals surface area contributed by atoms with E-state index in [2.05, 4.69) is 21.6 Å². The van der Waals surface area contributed by atoms with Gasteiger partial charge in [-0.2, -0.15) is 0 Å². The number of amides is 1. The summed E-state index contributed by atoms with van der Waals surface area (Å²) in [5.41, 5.74) is 5.44. The molecule has 3 rings (SSSR count). The number of aromatic amines is 1. The van der Waals surface area contributed by atoms with E-state index in [0.717, 1.165) is 22.2 Å². The Balaban J connectivity index is 2.03. The van der Waals surface area contributed by atoms with Gasteiger partial charge < -0.3 is 9.72 Å². The van der Waals surface area contributed by atoms with Crippen molar-refractivity contribution in [3.05, 3.63) is 35.5 Å². The first-order chi connectivity index (χ1) is 8.22. The number of carbonyl (C=O) groups excluding carboxylic acids is 1. The number of hydrazone groups is 1. The number of aryl methyl sites for hydroxylation is 1. The first-order valence-corrected chi connectivity index (χ1v) is 5.31. The lowest BCUT2D eigenvalue weighted by Gasteiger charge is -2.13. The molecule has 0 bridgehead atoms. The van der Waals surface area contributed by atoms with E-state index in [1.54, 1.807) is 0 Å². The van der Waals surface area contributed by atoms with Gasteiger partial charge in [0, 0.05) is 22.2 Å². The van der Waals surface area contributed by atoms with Gasteiger partial charge in [-0.25, -0.2) is 5.43 Å². The number of hydrogen-bond donors (Lipinski definition) is 2. The number of aromatic nitrogens is 1. The van der Waals surface area contributed by atoms with Crippen molar-refractivity contribution in [2.24, 2.45) is 5.10 Å². The van der Waals surface area contributed by atoms with Gasteiger partial charge in [-0.3, -0.25) is 4.79 Å². The fourth-order valence-electron chi connectivity index (χ4n) is 1.87. The molecule has 0 radical (unpaired) electrons. The molecule has 0 atom stereocenters. The third kappa shape index (κ3) is 1.75. The average molecular weight is 229 g/mol. The summed E-state index contributed by atoms with van der Waals surface area (Å²) in [6, 6.07) is 7.92. The van der Waals surface area contributed by atoms with E-state index in [-0.39, 0.29) is 12.5 Å². The van der Waals surface area contributed by atoms with Crippen molar-refractivity contribution in [1.29, 1.82) is 0 Å². The molecule has 0 saturated heterocycles. The summed E-state index contributed by atoms with van der Waals surface area (Å²) in [7, 11) is 0. The standard InChI is InChI=1S/C12H11N3O2/c1-7-4-9-5-8(2-3-10(9)13-7)12-15-14-11(16)6-17-12/h2-5,13H,6H2,1H3,(H,14,16). The Morgan fingerprint density at radius 1 is 1.35 bits per heavy atom. The summed E-state index contributed by atoms with van der Waals surface area (Å²) in [4.78, 5) is 14.2. The highest BCUT2D eigenvalue weighted by atomic mass is 16.5. The van der Waals surface area contributed by atoms with Crippen LogP contribution in [0.25, 0.3) is 10.9 Å². The molecule has 2 heterocycles. The van der Waals surface area contributed by atoms with Crippen LogP contribution in [0.1, 0.15) is 11.3 Å². The van der Waals surface area contributed by atoms with E-state index in [4.69, 9.17) is 4.74 Å². The second kappa shape index (κ2) is 3.62. The molecule has 0 aliphatic carbocycles. The minimum atomic E-state index is -0.229. The fourth-order valence-corrected chi connectivity index (χ4v) is 1.87. The molecule has 0 fully saturated rings. The first kappa shape index (κ1) is 9.89. The second-order valence-corrected chi connectivity index (χ2v) is 3.99. The normalized spacial score (nSPS) is 15.4. The average Bonchev–Trinajstić information content (AvgIpc) is 2.69. The predicted molar refractivity (Wildman–Crippen MR) is 63.7 cm³/mol. The summed E-state index contributed by atoms with van der Waals surface area (Å²) in [5, 5.41) is 4.98. The van der Waals surface area contributed by atoms with Crippen molar-refractivity contribution < 1.29 is 9.53 Å². The van der Waals surface area contributed by atoms with E-state index in [1.807, 2.05) is 25.1 Å². The van der Waals surface area contributed by atoms with Gasteiger partial charge >= 0.3 is 0 Å². The van der Waals surface area contributed by atoms with Gasteiger partial charge in [-0.1, -0.05) is 0 Å². The maximum Gasteiger partial charge on any atom is 0.278 e. The summed E-state index contributed by atoms with van der Waals surface area (Å²) in [6.45, 7) is 2.03. The predicted octanol–water partition coefficient (Wildman–Crippen LogP) is 1.28. The summed E-state index contributed by atoms with van der Waals surface area (Å²) < 4.78 is 5.26. The number of ether oxygens (including phenoxy) is 1. The van der Waals surface area contributed by atoms with Crippen molar-refractivity contribution in [3.8, 4) is 0 Å². The van der Waals surface area contributed by atoms with Crippen LogP contribution in [0.15, 0.2) is 29.4 Å². The van der Waals surface area contributed by atoms with Crippen LogP contribution in [0.5, 0.6) is 0 Å². The topological polar surface area (TPSA) is 66.5 Å². The molecule has 86 valence electrons. The third-order valence-corrected chi connectivity index (χ3v) is 2.62. The molecular weight excluding hydrogens is 218 g/mol. The van der Waals surface area contributed by atoms with Gasteiger partial charge in [0.1, 0.15) is 0 Å². The molecule has 2 N–H and O–H groups in total. The highest BCUT2D eigenvalue weighted by Crippen LogP contribution is 2.18. The number of fused-ring (bicyclic) bond motifs is 1. The number of benzene rings is 1. The van der Waals surface area contributed by atoms with Gasteiger partial charge in [-0.05, 0) is 31.2 Å². The molecule has 1 aromatic heterocycles. The largest absolute Gasteiger partial charge is 0.466 e. The quantitative estimate of drug-likeness (QED) is 0.773. The van der Waals surface area contributed by atoms with Crippen molar-refractivity contribution in [2.45, 2.75) is 6.92 Å². The minimum absolute atomic E-state index is 0.0169. The lowest BCUT2D eigenvalue weighted by Crippen LogP contribution is -2.32. The number of rotatable bonds is 1. The lowest BCUT2D eigenvalue weighted by atomic mass is 10.1. The van der Waals surface area contributed by atoms with Gasteiger partial charge in [0.05, 0.1) is 0 Å².